The van der Waals surface area contributed by atoms with Crippen LogP contribution in [0.5, 0.6) is 0 Å². The van der Waals surface area contributed by atoms with Crippen LogP contribution < -0.4 is 0 Å². The van der Waals surface area contributed by atoms with Gasteiger partial charge in [0.05, 0.1) is 18.2 Å². The summed E-state index contributed by atoms with van der Waals surface area (Å²) in [7, 11) is 1.15. The molecule has 1 aliphatic carbocycles. The first-order chi connectivity index (χ1) is 8.26. The summed E-state index contributed by atoms with van der Waals surface area (Å²) < 4.78 is 42.8. The van der Waals surface area contributed by atoms with Crippen LogP contribution in [0.4, 0.5) is 13.2 Å². The fourth-order valence-corrected chi connectivity index (χ4v) is 1.85. The Morgan fingerprint density at radius 1 is 1.28 bits per heavy atom. The number of hydrogen-bond acceptors (Lipinski definition) is 2. The average Bonchev–Trinajstić information content (AvgIpc) is 3.06. The van der Waals surface area contributed by atoms with Crippen LogP contribution in [0.1, 0.15) is 41.3 Å². The Bertz CT molecular complexity index is 464. The van der Waals surface area contributed by atoms with Gasteiger partial charge in [0.1, 0.15) is 0 Å². The van der Waals surface area contributed by atoms with Gasteiger partial charge in [-0.3, -0.25) is 0 Å². The van der Waals surface area contributed by atoms with Crippen LogP contribution in [-0.2, 0) is 16.3 Å². The first kappa shape index (κ1) is 12.9. The van der Waals surface area contributed by atoms with Crippen molar-refractivity contribution in [2.45, 2.75) is 31.4 Å². The molecule has 0 radical (unpaired) electrons. The van der Waals surface area contributed by atoms with Gasteiger partial charge >= 0.3 is 12.1 Å². The average molecular weight is 258 g/mol. The van der Waals surface area contributed by atoms with Crippen LogP contribution in [-0.4, -0.2) is 13.1 Å². The predicted molar refractivity (Wildman–Crippen MR) is 59.4 cm³/mol. The van der Waals surface area contributed by atoms with Crippen molar-refractivity contribution < 1.29 is 22.7 Å². The molecule has 0 aliphatic heterocycles. The molecule has 1 aromatic carbocycles. The van der Waals surface area contributed by atoms with Crippen molar-refractivity contribution in [3.05, 3.63) is 34.9 Å². The summed E-state index contributed by atoms with van der Waals surface area (Å²) >= 11 is 0. The van der Waals surface area contributed by atoms with Crippen LogP contribution in [0.25, 0.3) is 0 Å². The van der Waals surface area contributed by atoms with E-state index in [1.54, 1.807) is 0 Å². The standard InChI is InChI=1S/C13H13F3O2/c1-12(3-4-12)9-5-8(11(17)18-2)6-10(7-9)13(14,15)16/h5-7H,3-4H2,1-2H3. The van der Waals surface area contributed by atoms with Gasteiger partial charge in [0.2, 0.25) is 0 Å². The minimum atomic E-state index is -4.45. The Morgan fingerprint density at radius 3 is 2.33 bits per heavy atom. The molecule has 0 aromatic heterocycles. The van der Waals surface area contributed by atoms with Crippen molar-refractivity contribution in [2.24, 2.45) is 0 Å². The number of rotatable bonds is 2. The third-order valence-corrected chi connectivity index (χ3v) is 3.38. The zero-order valence-corrected chi connectivity index (χ0v) is 10.1. The smallest absolute Gasteiger partial charge is 0.416 e. The van der Waals surface area contributed by atoms with Crippen LogP contribution >= 0.6 is 0 Å². The highest BCUT2D eigenvalue weighted by atomic mass is 19.4. The molecule has 2 rings (SSSR count). The number of esters is 1. The number of halogens is 3. The van der Waals surface area contributed by atoms with Crippen molar-refractivity contribution in [2.75, 3.05) is 7.11 Å². The van der Waals surface area contributed by atoms with Crippen molar-refractivity contribution in [1.82, 2.24) is 0 Å². The Labute approximate surface area is 103 Å². The maximum Gasteiger partial charge on any atom is 0.416 e. The Hall–Kier alpha value is -1.52. The SMILES string of the molecule is COC(=O)c1cc(C(F)(F)F)cc(C2(C)CC2)c1. The number of ether oxygens (including phenoxy) is 1. The summed E-state index contributed by atoms with van der Waals surface area (Å²) in [5, 5.41) is 0. The molecule has 0 bridgehead atoms. The molecule has 0 saturated heterocycles. The molecule has 1 aromatic rings. The maximum absolute atomic E-state index is 12.8. The first-order valence-corrected chi connectivity index (χ1v) is 5.57. The number of carbonyl (C=O) groups is 1. The molecule has 0 amide bonds. The highest BCUT2D eigenvalue weighted by molar-refractivity contribution is 5.90. The van der Waals surface area contributed by atoms with Crippen LogP contribution in [0.15, 0.2) is 18.2 Å². The lowest BCUT2D eigenvalue weighted by Crippen LogP contribution is -2.12. The Kier molecular flexibility index (Phi) is 2.87. The molecule has 0 N–H and O–H groups in total. The molecule has 1 saturated carbocycles. The van der Waals surface area contributed by atoms with Gasteiger partial charge in [-0.1, -0.05) is 6.92 Å². The van der Waals surface area contributed by atoms with E-state index in [1.165, 1.54) is 6.07 Å². The van der Waals surface area contributed by atoms with Crippen LogP contribution in [0.2, 0.25) is 0 Å². The molecule has 5 heteroatoms. The zero-order chi connectivity index (χ0) is 13.6. The van der Waals surface area contributed by atoms with Gasteiger partial charge in [0, 0.05) is 0 Å². The van der Waals surface area contributed by atoms with Gasteiger partial charge in [-0.05, 0) is 42.0 Å². The van der Waals surface area contributed by atoms with Crippen LogP contribution in [0.3, 0.4) is 0 Å². The summed E-state index contributed by atoms with van der Waals surface area (Å²) in [6.45, 7) is 1.89. The topological polar surface area (TPSA) is 26.3 Å². The molecule has 1 fully saturated rings. The minimum absolute atomic E-state index is 0.0459. The highest BCUT2D eigenvalue weighted by Crippen LogP contribution is 2.48. The van der Waals surface area contributed by atoms with E-state index in [1.807, 2.05) is 6.92 Å². The summed E-state index contributed by atoms with van der Waals surface area (Å²) in [6.07, 6.45) is -2.77. The lowest BCUT2D eigenvalue weighted by molar-refractivity contribution is -0.137. The molecule has 2 nitrogen and oxygen atoms in total. The summed E-state index contributed by atoms with van der Waals surface area (Å²) in [6, 6.07) is 3.45. The molecule has 0 atom stereocenters. The van der Waals surface area contributed by atoms with E-state index in [0.717, 1.165) is 32.1 Å². The fraction of sp³-hybridized carbons (Fsp3) is 0.462. The molecule has 0 unspecified atom stereocenters. The van der Waals surface area contributed by atoms with E-state index >= 15 is 0 Å². The maximum atomic E-state index is 12.8. The van der Waals surface area contributed by atoms with Gasteiger partial charge < -0.3 is 4.74 Å². The first-order valence-electron chi connectivity index (χ1n) is 5.57. The molecular formula is C13H13F3O2. The molecule has 0 spiro atoms. The van der Waals surface area contributed by atoms with Gasteiger partial charge in [0.25, 0.3) is 0 Å². The van der Waals surface area contributed by atoms with Crippen LogP contribution in [0, 0.1) is 0 Å². The van der Waals surface area contributed by atoms with Crippen molar-refractivity contribution in [1.29, 1.82) is 0 Å². The summed E-state index contributed by atoms with van der Waals surface area (Å²) in [5.41, 5.74) is -0.522. The molecule has 1 aliphatic rings. The van der Waals surface area contributed by atoms with E-state index in [-0.39, 0.29) is 11.0 Å². The van der Waals surface area contributed by atoms with Gasteiger partial charge in [-0.15, -0.1) is 0 Å². The van der Waals surface area contributed by atoms with E-state index < -0.39 is 17.7 Å². The number of methoxy groups -OCH3 is 1. The van der Waals surface area contributed by atoms with Gasteiger partial charge in [0.15, 0.2) is 0 Å². The largest absolute Gasteiger partial charge is 0.465 e. The van der Waals surface area contributed by atoms with Crippen molar-refractivity contribution in [3.8, 4) is 0 Å². The number of hydrogen-bond donors (Lipinski definition) is 0. The second-order valence-electron chi connectivity index (χ2n) is 4.85. The quantitative estimate of drug-likeness (QED) is 0.758. The lowest BCUT2D eigenvalue weighted by Gasteiger charge is -2.15. The van der Waals surface area contributed by atoms with Crippen molar-refractivity contribution in [3.63, 3.8) is 0 Å². The predicted octanol–water partition coefficient (Wildman–Crippen LogP) is 3.54. The number of carbonyl (C=O) groups excluding carboxylic acids is 1. The molecule has 98 valence electrons. The molecule has 18 heavy (non-hydrogen) atoms. The van der Waals surface area contributed by atoms with Crippen molar-refractivity contribution >= 4 is 5.97 Å². The normalized spacial score (nSPS) is 17.4. The highest BCUT2D eigenvalue weighted by Gasteiger charge is 2.41. The minimum Gasteiger partial charge on any atom is -0.465 e. The number of benzene rings is 1. The third-order valence-electron chi connectivity index (χ3n) is 3.38. The zero-order valence-electron chi connectivity index (χ0n) is 10.1. The summed E-state index contributed by atoms with van der Waals surface area (Å²) in [4.78, 5) is 11.4. The lowest BCUT2D eigenvalue weighted by atomic mass is 9.94. The van der Waals surface area contributed by atoms with Gasteiger partial charge in [-0.25, -0.2) is 4.79 Å². The number of alkyl halides is 3. The third kappa shape index (κ3) is 2.35. The monoisotopic (exact) mass is 258 g/mol. The van der Waals surface area contributed by atoms with Gasteiger partial charge in [-0.2, -0.15) is 13.2 Å². The molecular weight excluding hydrogens is 245 g/mol. The fourth-order valence-electron chi connectivity index (χ4n) is 1.85. The van der Waals surface area contributed by atoms with E-state index in [0.29, 0.717) is 5.56 Å². The Morgan fingerprint density at radius 2 is 1.89 bits per heavy atom. The Balaban J connectivity index is 2.52. The second kappa shape index (κ2) is 4.00. The summed E-state index contributed by atoms with van der Waals surface area (Å²) in [5.74, 6) is -0.744. The second-order valence-corrected chi connectivity index (χ2v) is 4.85. The molecule has 0 heterocycles. The van der Waals surface area contributed by atoms with E-state index in [9.17, 15) is 18.0 Å². The van der Waals surface area contributed by atoms with E-state index in [2.05, 4.69) is 4.74 Å². The van der Waals surface area contributed by atoms with E-state index in [4.69, 9.17) is 0 Å².